The van der Waals surface area contributed by atoms with Gasteiger partial charge in [-0.05, 0) is 19.8 Å². The maximum Gasteiger partial charge on any atom is 0.348 e. The fourth-order valence-electron chi connectivity index (χ4n) is 0.610. The number of rotatable bonds is 5. The molecule has 70 valence electrons. The third-order valence-electron chi connectivity index (χ3n) is 2.13. The lowest BCUT2D eigenvalue weighted by atomic mass is 9.97. The Morgan fingerprint density at radius 1 is 1.58 bits per heavy atom. The summed E-state index contributed by atoms with van der Waals surface area (Å²) in [5, 5.41) is 0. The molecule has 12 heavy (non-hydrogen) atoms. The van der Waals surface area contributed by atoms with Crippen LogP contribution in [0.5, 0.6) is 0 Å². The molecule has 0 fully saturated rings. The molecule has 0 aromatic heterocycles. The van der Waals surface area contributed by atoms with E-state index in [0.29, 0.717) is 0 Å². The van der Waals surface area contributed by atoms with Crippen LogP contribution >= 0.6 is 0 Å². The highest BCUT2D eigenvalue weighted by molar-refractivity contribution is 5.80. The summed E-state index contributed by atoms with van der Waals surface area (Å²) in [7, 11) is 0. The van der Waals surface area contributed by atoms with Gasteiger partial charge in [-0.15, -0.1) is 5.48 Å². The zero-order chi connectivity index (χ0) is 9.61. The number of nitrogens with one attached hydrogen (secondary N) is 1. The summed E-state index contributed by atoms with van der Waals surface area (Å²) in [6, 6.07) is 0. The van der Waals surface area contributed by atoms with Crippen molar-refractivity contribution >= 4 is 5.97 Å². The molecule has 0 aliphatic carbocycles. The molecule has 0 spiro atoms. The van der Waals surface area contributed by atoms with Gasteiger partial charge in [-0.3, -0.25) is 0 Å². The first-order valence-electron chi connectivity index (χ1n) is 4.18. The summed E-state index contributed by atoms with van der Waals surface area (Å²) >= 11 is 0. The van der Waals surface area contributed by atoms with Gasteiger partial charge in [0.1, 0.15) is 0 Å². The zero-order valence-electron chi connectivity index (χ0n) is 8.02. The van der Waals surface area contributed by atoms with Gasteiger partial charge in [-0.25, -0.2) is 4.79 Å². The van der Waals surface area contributed by atoms with Crippen molar-refractivity contribution in [3.8, 4) is 0 Å². The lowest BCUT2D eigenvalue weighted by Crippen LogP contribution is -2.42. The Kier molecular flexibility index (Phi) is 4.59. The molecule has 0 atom stereocenters. The number of hydrogen-bond donors (Lipinski definition) is 1. The maximum absolute atomic E-state index is 10.7. The molecule has 0 radical (unpaired) electrons. The molecule has 0 amide bonds. The lowest BCUT2D eigenvalue weighted by molar-refractivity contribution is -0.150. The predicted molar refractivity (Wildman–Crippen MR) is 48.4 cm³/mol. The first kappa shape index (κ1) is 11.2. The fraction of sp³-hybridized carbons (Fsp3) is 0.667. The molecule has 0 saturated heterocycles. The largest absolute Gasteiger partial charge is 0.367 e. The van der Waals surface area contributed by atoms with Gasteiger partial charge in [-0.2, -0.15) is 0 Å². The zero-order valence-corrected chi connectivity index (χ0v) is 8.02. The van der Waals surface area contributed by atoms with E-state index in [1.54, 1.807) is 0 Å². The van der Waals surface area contributed by atoms with E-state index in [0.717, 1.165) is 18.9 Å². The van der Waals surface area contributed by atoms with Crippen molar-refractivity contribution in [3.05, 3.63) is 12.7 Å². The van der Waals surface area contributed by atoms with Gasteiger partial charge in [-0.1, -0.05) is 20.4 Å². The van der Waals surface area contributed by atoms with Crippen LogP contribution in [0.1, 0.15) is 33.6 Å². The SMILES string of the molecule is C=CC(=O)ONC(C)(CC)CC. The van der Waals surface area contributed by atoms with Gasteiger partial charge in [0.05, 0.1) is 5.54 Å². The summed E-state index contributed by atoms with van der Waals surface area (Å²) < 4.78 is 0. The van der Waals surface area contributed by atoms with Crippen molar-refractivity contribution in [3.63, 3.8) is 0 Å². The molecule has 3 heteroatoms. The van der Waals surface area contributed by atoms with Crippen molar-refractivity contribution in [2.75, 3.05) is 0 Å². The minimum atomic E-state index is -0.442. The molecule has 0 heterocycles. The average molecular weight is 171 g/mol. The Balaban J connectivity index is 3.88. The van der Waals surface area contributed by atoms with Gasteiger partial charge in [0, 0.05) is 6.08 Å². The average Bonchev–Trinajstić information content (AvgIpc) is 2.13. The Morgan fingerprint density at radius 3 is 2.42 bits per heavy atom. The summed E-state index contributed by atoms with van der Waals surface area (Å²) in [5.74, 6) is -0.442. The van der Waals surface area contributed by atoms with Crippen molar-refractivity contribution in [1.82, 2.24) is 5.48 Å². The van der Waals surface area contributed by atoms with Crippen LogP contribution in [0, 0.1) is 0 Å². The molecule has 0 bridgehead atoms. The second kappa shape index (κ2) is 4.93. The van der Waals surface area contributed by atoms with Crippen LogP contribution in [0.15, 0.2) is 12.7 Å². The molecule has 0 rings (SSSR count). The Bertz CT molecular complexity index is 162. The smallest absolute Gasteiger partial charge is 0.348 e. The molecule has 0 aromatic rings. The number of hydroxylamine groups is 1. The molecule has 0 unspecified atom stereocenters. The van der Waals surface area contributed by atoms with E-state index < -0.39 is 5.97 Å². The van der Waals surface area contributed by atoms with E-state index in [-0.39, 0.29) is 5.54 Å². The van der Waals surface area contributed by atoms with E-state index in [9.17, 15) is 4.79 Å². The third kappa shape index (κ3) is 3.53. The minimum Gasteiger partial charge on any atom is -0.367 e. The van der Waals surface area contributed by atoms with E-state index in [1.165, 1.54) is 0 Å². The third-order valence-corrected chi connectivity index (χ3v) is 2.13. The Hall–Kier alpha value is -0.830. The van der Waals surface area contributed by atoms with Crippen LogP contribution in [0.3, 0.4) is 0 Å². The number of carbonyl (C=O) groups is 1. The van der Waals surface area contributed by atoms with E-state index in [1.807, 2.05) is 20.8 Å². The number of carbonyl (C=O) groups excluding carboxylic acids is 1. The molecule has 0 saturated carbocycles. The Morgan fingerprint density at radius 2 is 2.08 bits per heavy atom. The van der Waals surface area contributed by atoms with Crippen molar-refractivity contribution < 1.29 is 9.63 Å². The van der Waals surface area contributed by atoms with Gasteiger partial charge in [0.15, 0.2) is 0 Å². The van der Waals surface area contributed by atoms with Crippen LogP contribution in [-0.2, 0) is 9.63 Å². The molecule has 3 nitrogen and oxygen atoms in total. The first-order valence-corrected chi connectivity index (χ1v) is 4.18. The second-order valence-electron chi connectivity index (χ2n) is 3.00. The van der Waals surface area contributed by atoms with Crippen LogP contribution in [0.25, 0.3) is 0 Å². The molecule has 0 aliphatic heterocycles. The van der Waals surface area contributed by atoms with E-state index in [2.05, 4.69) is 12.1 Å². The lowest BCUT2D eigenvalue weighted by Gasteiger charge is -2.26. The van der Waals surface area contributed by atoms with E-state index >= 15 is 0 Å². The highest BCUT2D eigenvalue weighted by Crippen LogP contribution is 2.12. The topological polar surface area (TPSA) is 38.3 Å². The van der Waals surface area contributed by atoms with E-state index in [4.69, 9.17) is 4.84 Å². The molecule has 0 aliphatic rings. The normalized spacial score (nSPS) is 10.9. The maximum atomic E-state index is 10.7. The first-order chi connectivity index (χ1) is 5.58. The predicted octanol–water partition coefficient (Wildman–Crippen LogP) is 1.80. The summed E-state index contributed by atoms with van der Waals surface area (Å²) in [4.78, 5) is 15.4. The minimum absolute atomic E-state index is 0.126. The van der Waals surface area contributed by atoms with Gasteiger partial charge in [0.2, 0.25) is 0 Å². The Labute approximate surface area is 73.7 Å². The standard InChI is InChI=1S/C9H17NO2/c1-5-8(11)12-10-9(4,6-2)7-3/h5,10H,1,6-7H2,2-4H3. The summed E-state index contributed by atoms with van der Waals surface area (Å²) in [6.45, 7) is 9.38. The van der Waals surface area contributed by atoms with Crippen LogP contribution in [0.4, 0.5) is 0 Å². The van der Waals surface area contributed by atoms with Crippen molar-refractivity contribution in [1.29, 1.82) is 0 Å². The van der Waals surface area contributed by atoms with Gasteiger partial charge < -0.3 is 4.84 Å². The summed E-state index contributed by atoms with van der Waals surface area (Å²) in [5.41, 5.74) is 2.60. The van der Waals surface area contributed by atoms with Crippen LogP contribution < -0.4 is 5.48 Å². The van der Waals surface area contributed by atoms with Crippen molar-refractivity contribution in [2.24, 2.45) is 0 Å². The molecular formula is C9H17NO2. The highest BCUT2D eigenvalue weighted by atomic mass is 16.7. The monoisotopic (exact) mass is 171 g/mol. The quantitative estimate of drug-likeness (QED) is 0.506. The molecule has 0 aromatic carbocycles. The molecule has 1 N–H and O–H groups in total. The highest BCUT2D eigenvalue weighted by Gasteiger charge is 2.20. The number of hydrogen-bond acceptors (Lipinski definition) is 3. The van der Waals surface area contributed by atoms with Gasteiger partial charge in [0.25, 0.3) is 0 Å². The van der Waals surface area contributed by atoms with Gasteiger partial charge >= 0.3 is 5.97 Å². The van der Waals surface area contributed by atoms with Crippen LogP contribution in [-0.4, -0.2) is 11.5 Å². The molecular weight excluding hydrogens is 154 g/mol. The summed E-state index contributed by atoms with van der Waals surface area (Å²) in [6.07, 6.45) is 2.96. The second-order valence-corrected chi connectivity index (χ2v) is 3.00. The van der Waals surface area contributed by atoms with Crippen LogP contribution in [0.2, 0.25) is 0 Å². The fourth-order valence-corrected chi connectivity index (χ4v) is 0.610. The van der Waals surface area contributed by atoms with Crippen molar-refractivity contribution in [2.45, 2.75) is 39.2 Å².